The van der Waals surface area contributed by atoms with Crippen LogP contribution in [0.2, 0.25) is 0 Å². The quantitative estimate of drug-likeness (QED) is 0.809. The van der Waals surface area contributed by atoms with Gasteiger partial charge in [-0.25, -0.2) is 13.6 Å². The van der Waals surface area contributed by atoms with Crippen molar-refractivity contribution in [1.29, 1.82) is 0 Å². The first kappa shape index (κ1) is 10.4. The Balaban J connectivity index is 2.70. The van der Waals surface area contributed by atoms with E-state index in [-0.39, 0.29) is 5.75 Å². The lowest BCUT2D eigenvalue weighted by atomic mass is 10.3. The third kappa shape index (κ3) is 2.69. The van der Waals surface area contributed by atoms with Crippen LogP contribution in [-0.4, -0.2) is 23.6 Å². The molecule has 0 bridgehead atoms. The van der Waals surface area contributed by atoms with Gasteiger partial charge in [-0.1, -0.05) is 18.2 Å². The molecule has 3 nitrogen and oxygen atoms in total. The summed E-state index contributed by atoms with van der Waals surface area (Å²) in [7, 11) is 0. The minimum atomic E-state index is -3.05. The fraction of sp³-hybridized carbons (Fsp3) is 0.222. The zero-order valence-corrected chi connectivity index (χ0v) is 7.06. The number of aliphatic carboxylic acids is 1. The predicted octanol–water partition coefficient (Wildman–Crippen LogP) is 1.78. The lowest BCUT2D eigenvalue weighted by molar-refractivity contribution is -0.152. The summed E-state index contributed by atoms with van der Waals surface area (Å²) < 4.78 is 28.8. The van der Waals surface area contributed by atoms with Crippen LogP contribution in [0, 0.1) is 0 Å². The van der Waals surface area contributed by atoms with E-state index in [1.165, 1.54) is 12.1 Å². The number of benzene rings is 1. The van der Waals surface area contributed by atoms with Crippen molar-refractivity contribution >= 4 is 5.97 Å². The number of carboxylic acids is 1. The Labute approximate surface area is 78.9 Å². The number of halogens is 2. The molecule has 0 fully saturated rings. The number of rotatable bonds is 4. The van der Waals surface area contributed by atoms with Gasteiger partial charge in [0.25, 0.3) is 12.5 Å². The molecule has 0 aliphatic carbocycles. The summed E-state index contributed by atoms with van der Waals surface area (Å²) in [5.41, 5.74) is 0. The van der Waals surface area contributed by atoms with Crippen LogP contribution in [0.5, 0.6) is 5.75 Å². The number of alkyl halides is 2. The van der Waals surface area contributed by atoms with Crippen LogP contribution in [-0.2, 0) is 4.79 Å². The molecule has 1 aromatic carbocycles. The van der Waals surface area contributed by atoms with E-state index in [9.17, 15) is 13.6 Å². The van der Waals surface area contributed by atoms with Crippen molar-refractivity contribution in [1.82, 2.24) is 0 Å². The fourth-order valence-corrected chi connectivity index (χ4v) is 0.855. The standard InChI is InChI=1S/C9H8F2O3/c10-8(11)7(9(12)13)14-6-4-2-1-3-5-6/h1-5,7-8H,(H,12,13). The molecule has 0 amide bonds. The van der Waals surface area contributed by atoms with Gasteiger partial charge in [0.05, 0.1) is 0 Å². The number of carboxylic acid groups (broad SMARTS) is 1. The summed E-state index contributed by atoms with van der Waals surface area (Å²) in [4.78, 5) is 10.3. The topological polar surface area (TPSA) is 46.5 Å². The highest BCUT2D eigenvalue weighted by molar-refractivity contribution is 5.73. The summed E-state index contributed by atoms with van der Waals surface area (Å²) in [5.74, 6) is -1.57. The number of ether oxygens (including phenoxy) is 1. The van der Waals surface area contributed by atoms with E-state index in [1.807, 2.05) is 0 Å². The molecule has 0 saturated carbocycles. The molecule has 0 saturated heterocycles. The van der Waals surface area contributed by atoms with Crippen LogP contribution in [0.15, 0.2) is 30.3 Å². The summed E-state index contributed by atoms with van der Waals surface area (Å²) in [6.07, 6.45) is -5.16. The van der Waals surface area contributed by atoms with Gasteiger partial charge in [0.2, 0.25) is 0 Å². The fourth-order valence-electron chi connectivity index (χ4n) is 0.855. The van der Waals surface area contributed by atoms with Crippen molar-refractivity contribution in [2.45, 2.75) is 12.5 Å². The van der Waals surface area contributed by atoms with E-state index in [2.05, 4.69) is 4.74 Å². The van der Waals surface area contributed by atoms with Crippen LogP contribution in [0.3, 0.4) is 0 Å². The first-order valence-corrected chi connectivity index (χ1v) is 3.84. The summed E-state index contributed by atoms with van der Waals surface area (Å²) in [5, 5.41) is 8.40. The monoisotopic (exact) mass is 202 g/mol. The minimum Gasteiger partial charge on any atom is -0.478 e. The van der Waals surface area contributed by atoms with Crippen molar-refractivity contribution in [2.75, 3.05) is 0 Å². The van der Waals surface area contributed by atoms with E-state index in [4.69, 9.17) is 5.11 Å². The molecule has 1 aromatic rings. The molecule has 0 heterocycles. The molecule has 1 rings (SSSR count). The first-order chi connectivity index (χ1) is 6.61. The molecule has 1 atom stereocenters. The maximum atomic E-state index is 12.1. The van der Waals surface area contributed by atoms with E-state index < -0.39 is 18.5 Å². The lowest BCUT2D eigenvalue weighted by Gasteiger charge is -2.13. The van der Waals surface area contributed by atoms with Gasteiger partial charge in [0.1, 0.15) is 5.75 Å². The zero-order chi connectivity index (χ0) is 10.6. The van der Waals surface area contributed by atoms with Crippen molar-refractivity contribution in [3.8, 4) is 5.75 Å². The van der Waals surface area contributed by atoms with Gasteiger partial charge < -0.3 is 9.84 Å². The van der Waals surface area contributed by atoms with E-state index in [0.29, 0.717) is 0 Å². The van der Waals surface area contributed by atoms with Crippen LogP contribution in [0.4, 0.5) is 8.78 Å². The lowest BCUT2D eigenvalue weighted by Crippen LogP contribution is -2.34. The Bertz CT molecular complexity index is 300. The smallest absolute Gasteiger partial charge is 0.351 e. The van der Waals surface area contributed by atoms with Gasteiger partial charge in [-0.15, -0.1) is 0 Å². The second-order valence-corrected chi connectivity index (χ2v) is 2.52. The van der Waals surface area contributed by atoms with Gasteiger partial charge >= 0.3 is 5.97 Å². The Hall–Kier alpha value is -1.65. The molecule has 76 valence electrons. The van der Waals surface area contributed by atoms with E-state index in [1.54, 1.807) is 18.2 Å². The Morgan fingerprint density at radius 3 is 2.29 bits per heavy atom. The summed E-state index contributed by atoms with van der Waals surface area (Å²) >= 11 is 0. The highest BCUT2D eigenvalue weighted by Gasteiger charge is 2.29. The van der Waals surface area contributed by atoms with Gasteiger partial charge in [-0.05, 0) is 12.1 Å². The summed E-state index contributed by atoms with van der Waals surface area (Å²) in [6, 6.07) is 7.64. The average molecular weight is 202 g/mol. The van der Waals surface area contributed by atoms with Crippen molar-refractivity contribution in [2.24, 2.45) is 0 Å². The largest absolute Gasteiger partial charge is 0.478 e. The van der Waals surface area contributed by atoms with Crippen LogP contribution >= 0.6 is 0 Å². The normalized spacial score (nSPS) is 12.5. The molecule has 14 heavy (non-hydrogen) atoms. The molecule has 0 aliphatic heterocycles. The van der Waals surface area contributed by atoms with Crippen molar-refractivity contribution < 1.29 is 23.4 Å². The second kappa shape index (κ2) is 4.55. The number of para-hydroxylation sites is 1. The first-order valence-electron chi connectivity index (χ1n) is 3.84. The van der Waals surface area contributed by atoms with E-state index >= 15 is 0 Å². The van der Waals surface area contributed by atoms with E-state index in [0.717, 1.165) is 0 Å². The van der Waals surface area contributed by atoms with Crippen LogP contribution < -0.4 is 4.74 Å². The highest BCUT2D eigenvalue weighted by atomic mass is 19.3. The SMILES string of the molecule is O=C(O)C(Oc1ccccc1)C(F)F. The van der Waals surface area contributed by atoms with Crippen LogP contribution in [0.1, 0.15) is 0 Å². The van der Waals surface area contributed by atoms with Crippen LogP contribution in [0.25, 0.3) is 0 Å². The summed E-state index contributed by atoms with van der Waals surface area (Å²) in [6.45, 7) is 0. The number of hydrogen-bond donors (Lipinski definition) is 1. The third-order valence-electron chi connectivity index (χ3n) is 1.48. The Morgan fingerprint density at radius 1 is 1.29 bits per heavy atom. The molecule has 0 aromatic heterocycles. The third-order valence-corrected chi connectivity index (χ3v) is 1.48. The van der Waals surface area contributed by atoms with Gasteiger partial charge in [-0.2, -0.15) is 0 Å². The number of carbonyl (C=O) groups is 1. The minimum absolute atomic E-state index is 0.111. The van der Waals surface area contributed by atoms with Crippen molar-refractivity contribution in [3.05, 3.63) is 30.3 Å². The molecule has 1 unspecified atom stereocenters. The highest BCUT2D eigenvalue weighted by Crippen LogP contribution is 2.14. The van der Waals surface area contributed by atoms with Gasteiger partial charge in [0, 0.05) is 0 Å². The van der Waals surface area contributed by atoms with Gasteiger partial charge in [0.15, 0.2) is 0 Å². The Morgan fingerprint density at radius 2 is 1.86 bits per heavy atom. The molecular weight excluding hydrogens is 194 g/mol. The molecule has 0 radical (unpaired) electrons. The average Bonchev–Trinajstić information content (AvgIpc) is 2.15. The zero-order valence-electron chi connectivity index (χ0n) is 7.06. The molecule has 0 spiro atoms. The molecule has 1 N–H and O–H groups in total. The molecular formula is C9H8F2O3. The predicted molar refractivity (Wildman–Crippen MR) is 44.5 cm³/mol. The van der Waals surface area contributed by atoms with Crippen molar-refractivity contribution in [3.63, 3.8) is 0 Å². The Kier molecular flexibility index (Phi) is 3.39. The maximum Gasteiger partial charge on any atom is 0.351 e. The second-order valence-electron chi connectivity index (χ2n) is 2.52. The number of hydrogen-bond acceptors (Lipinski definition) is 2. The maximum absolute atomic E-state index is 12.1. The molecule has 0 aliphatic rings. The molecule has 5 heteroatoms. The van der Waals surface area contributed by atoms with Gasteiger partial charge in [-0.3, -0.25) is 0 Å².